The molecule has 15 heteroatoms. The minimum absolute atomic E-state index is 0.00896. The lowest BCUT2D eigenvalue weighted by Gasteiger charge is -2.47. The van der Waals surface area contributed by atoms with Crippen molar-refractivity contribution in [3.05, 3.63) is 106 Å². The number of aromatic nitrogens is 2. The number of nitrogens with zero attached hydrogens (tertiary/aromatic N) is 4. The number of nitro benzene ring substituents is 1. The molecule has 0 saturated heterocycles. The fourth-order valence-corrected chi connectivity index (χ4v) is 8.98. The number of pyridine rings is 1. The first-order valence-corrected chi connectivity index (χ1v) is 17.4. The molecule has 2 heterocycles. The second kappa shape index (κ2) is 12.5. The smallest absolute Gasteiger partial charge is 0.308 e. The van der Waals surface area contributed by atoms with Crippen LogP contribution in [0.25, 0.3) is 33.3 Å². The first-order valence-electron chi connectivity index (χ1n) is 16.0. The van der Waals surface area contributed by atoms with Crippen molar-refractivity contribution < 1.29 is 36.4 Å². The van der Waals surface area contributed by atoms with E-state index >= 15 is 8.78 Å². The third kappa shape index (κ3) is 5.65. The van der Waals surface area contributed by atoms with Gasteiger partial charge >= 0.3 is 5.97 Å². The second-order valence-corrected chi connectivity index (χ2v) is 14.8. The van der Waals surface area contributed by atoms with Gasteiger partial charge in [0.25, 0.3) is 15.7 Å². The average Bonchev–Trinajstić information content (AvgIpc) is 3.50. The van der Waals surface area contributed by atoms with Crippen molar-refractivity contribution in [1.29, 1.82) is 5.26 Å². The summed E-state index contributed by atoms with van der Waals surface area (Å²) in [4.78, 5) is 27.4. The molecule has 3 aromatic carbocycles. The van der Waals surface area contributed by atoms with Gasteiger partial charge in [-0.25, -0.2) is 30.5 Å². The Balaban J connectivity index is 1.51. The predicted octanol–water partition coefficient (Wildman–Crippen LogP) is 7.41. The number of carboxylic acids is 1. The third-order valence-corrected chi connectivity index (χ3v) is 11.7. The Morgan fingerprint density at radius 3 is 2.29 bits per heavy atom. The molecule has 3 saturated carbocycles. The number of hydrogen-bond donors (Lipinski definition) is 2. The second-order valence-electron chi connectivity index (χ2n) is 12.9. The highest BCUT2D eigenvalue weighted by atomic mass is 32.2. The van der Waals surface area contributed by atoms with Crippen LogP contribution in [0.15, 0.2) is 71.8 Å². The van der Waals surface area contributed by atoms with Gasteiger partial charge in [0.2, 0.25) is 0 Å². The molecule has 2 N–H and O–H groups in total. The molecule has 8 rings (SSSR count). The molecule has 51 heavy (non-hydrogen) atoms. The van der Waals surface area contributed by atoms with Crippen LogP contribution < -0.4 is 5.32 Å². The van der Waals surface area contributed by atoms with E-state index in [0.29, 0.717) is 35.7 Å². The van der Waals surface area contributed by atoms with E-state index in [2.05, 4.69) is 10.3 Å². The van der Waals surface area contributed by atoms with Crippen LogP contribution in [0.3, 0.4) is 0 Å². The number of nitrogens with one attached hydrogen (secondary N) is 1. The lowest BCUT2D eigenvalue weighted by molar-refractivity contribution is -0.384. The van der Waals surface area contributed by atoms with E-state index in [4.69, 9.17) is 0 Å². The number of nitro groups is 1. The molecule has 2 aromatic heterocycles. The molecule has 5 aromatic rings. The van der Waals surface area contributed by atoms with Crippen molar-refractivity contribution in [2.24, 2.45) is 17.8 Å². The Labute approximate surface area is 289 Å². The summed E-state index contributed by atoms with van der Waals surface area (Å²) < 4.78 is 75.9. The number of halogens is 3. The molecule has 0 amide bonds. The Bertz CT molecular complexity index is 2400. The normalized spacial score (nSPS) is 19.9. The first kappa shape index (κ1) is 33.7. The highest BCUT2D eigenvalue weighted by Gasteiger charge is 2.48. The highest BCUT2D eigenvalue weighted by molar-refractivity contribution is 7.90. The van der Waals surface area contributed by atoms with Gasteiger partial charge in [0, 0.05) is 47.0 Å². The van der Waals surface area contributed by atoms with Crippen LogP contribution in [-0.4, -0.2) is 39.4 Å². The van der Waals surface area contributed by atoms with Crippen molar-refractivity contribution in [3.8, 4) is 28.5 Å². The summed E-state index contributed by atoms with van der Waals surface area (Å²) >= 11 is 0. The van der Waals surface area contributed by atoms with Crippen molar-refractivity contribution in [3.63, 3.8) is 0 Å². The Morgan fingerprint density at radius 2 is 1.69 bits per heavy atom. The lowest BCUT2D eigenvalue weighted by atomic mass is 9.61. The van der Waals surface area contributed by atoms with Gasteiger partial charge in [-0.15, -0.1) is 0 Å². The van der Waals surface area contributed by atoms with Gasteiger partial charge in [-0.2, -0.15) is 5.26 Å². The summed E-state index contributed by atoms with van der Waals surface area (Å²) in [6.45, 7) is 1.75. The largest absolute Gasteiger partial charge is 0.481 e. The van der Waals surface area contributed by atoms with Gasteiger partial charge in [0.1, 0.15) is 17.4 Å². The summed E-state index contributed by atoms with van der Waals surface area (Å²) in [7, 11) is -4.54. The zero-order chi connectivity index (χ0) is 36.4. The zero-order valence-electron chi connectivity index (χ0n) is 26.8. The third-order valence-electron chi connectivity index (χ3n) is 10.0. The molecule has 260 valence electrons. The average molecular weight is 716 g/mol. The number of nitriles is 1. The van der Waals surface area contributed by atoms with E-state index in [0.717, 1.165) is 30.0 Å². The topological polar surface area (TPSA) is 168 Å². The molecule has 3 fully saturated rings. The van der Waals surface area contributed by atoms with Crippen LogP contribution in [0.2, 0.25) is 0 Å². The van der Waals surface area contributed by atoms with Crippen LogP contribution in [0.1, 0.15) is 36.8 Å². The summed E-state index contributed by atoms with van der Waals surface area (Å²) in [6.07, 6.45) is 3.74. The molecule has 0 radical (unpaired) electrons. The van der Waals surface area contributed by atoms with Gasteiger partial charge in [-0.3, -0.25) is 14.9 Å². The SMILES string of the molecule is Cc1ccc(S(=O)(=O)n2cc(-c3nc(NC4C5CCC(CC5)C4C(=O)O)c(F)c(-c4ccc([N+](=O)[O-])cc4)c3C#N)c3cc(F)cc(F)c32)cc1. The molecule has 3 aliphatic rings. The quantitative estimate of drug-likeness (QED) is 0.123. The number of aliphatic carboxylic acids is 1. The molecular weight excluding hydrogens is 687 g/mol. The van der Waals surface area contributed by atoms with Gasteiger partial charge in [-0.05, 0) is 80.3 Å². The zero-order valence-corrected chi connectivity index (χ0v) is 27.6. The first-order chi connectivity index (χ1) is 24.3. The molecule has 3 aliphatic carbocycles. The molecule has 2 unspecified atom stereocenters. The fourth-order valence-electron chi connectivity index (χ4n) is 7.60. The molecular formula is C36H28F3N5O6S. The number of fused-ring (bicyclic) bond motifs is 4. The van der Waals surface area contributed by atoms with Gasteiger partial charge in [0.15, 0.2) is 17.5 Å². The molecule has 0 spiro atoms. The van der Waals surface area contributed by atoms with E-state index in [1.54, 1.807) is 19.1 Å². The van der Waals surface area contributed by atoms with Crippen molar-refractivity contribution >= 4 is 38.4 Å². The minimum Gasteiger partial charge on any atom is -0.481 e. The van der Waals surface area contributed by atoms with Crippen molar-refractivity contribution in [2.45, 2.75) is 43.5 Å². The van der Waals surface area contributed by atoms with E-state index in [9.17, 15) is 38.1 Å². The molecule has 2 bridgehead atoms. The number of carbonyl (C=O) groups is 1. The summed E-state index contributed by atoms with van der Waals surface area (Å²) in [6, 6.07) is 12.9. The summed E-state index contributed by atoms with van der Waals surface area (Å²) in [5.41, 5.74) is -1.53. The predicted molar refractivity (Wildman–Crippen MR) is 180 cm³/mol. The van der Waals surface area contributed by atoms with Gasteiger partial charge in [-0.1, -0.05) is 17.7 Å². The summed E-state index contributed by atoms with van der Waals surface area (Å²) in [5.74, 6) is -6.11. The monoisotopic (exact) mass is 715 g/mol. The lowest BCUT2D eigenvalue weighted by Crippen LogP contribution is -2.51. The van der Waals surface area contributed by atoms with E-state index < -0.39 is 67.2 Å². The van der Waals surface area contributed by atoms with E-state index in [1.807, 2.05) is 6.07 Å². The number of benzene rings is 3. The summed E-state index contributed by atoms with van der Waals surface area (Å²) in [5, 5.41) is 34.8. The Kier molecular flexibility index (Phi) is 8.29. The van der Waals surface area contributed by atoms with Crippen molar-refractivity contribution in [1.82, 2.24) is 8.96 Å². The van der Waals surface area contributed by atoms with Crippen molar-refractivity contribution in [2.75, 3.05) is 5.32 Å². The Hall–Kier alpha value is -5.75. The van der Waals surface area contributed by atoms with Crippen LogP contribution in [0.5, 0.6) is 0 Å². The van der Waals surface area contributed by atoms with Gasteiger partial charge < -0.3 is 10.4 Å². The van der Waals surface area contributed by atoms with Crippen LogP contribution >= 0.6 is 0 Å². The van der Waals surface area contributed by atoms with E-state index in [1.165, 1.54) is 24.3 Å². The van der Waals surface area contributed by atoms with Gasteiger partial charge in [0.05, 0.1) is 27.0 Å². The maximum atomic E-state index is 16.8. The maximum absolute atomic E-state index is 16.8. The minimum atomic E-state index is -4.54. The Morgan fingerprint density at radius 1 is 1.04 bits per heavy atom. The number of non-ortho nitro benzene ring substituents is 1. The maximum Gasteiger partial charge on any atom is 0.308 e. The molecule has 0 aliphatic heterocycles. The standard InChI is InChI=1S/C36H28F3N5O6S/c1-18-2-12-24(13-3-18)51(49,50)43-17-27(25-14-22(37)15-28(38)34(25)43)33-26(16-40)29(19-8-10-23(11-9-19)44(47)48)31(39)35(42-33)41-32-21-6-4-20(5-7-21)30(32)36(45)46/h2-3,8-15,17,20-21,30,32H,4-7H2,1H3,(H,41,42)(H,45,46). The number of carboxylic acid groups (broad SMARTS) is 1. The number of hydrogen-bond acceptors (Lipinski definition) is 8. The number of anilines is 1. The van der Waals surface area contributed by atoms with Crippen LogP contribution in [0.4, 0.5) is 24.7 Å². The highest BCUT2D eigenvalue weighted by Crippen LogP contribution is 2.48. The number of aryl methyl sites for hydroxylation is 1. The van der Waals surface area contributed by atoms with E-state index in [-0.39, 0.29) is 50.2 Å². The fraction of sp³-hybridized carbons (Fsp3) is 0.250. The van der Waals surface area contributed by atoms with Crippen LogP contribution in [-0.2, 0) is 14.8 Å². The number of rotatable bonds is 8. The molecule has 11 nitrogen and oxygen atoms in total. The van der Waals surface area contributed by atoms with Crippen LogP contribution in [0, 0.1) is 63.6 Å². The molecule has 2 atom stereocenters.